The Morgan fingerprint density at radius 2 is 2.08 bits per heavy atom. The lowest BCUT2D eigenvalue weighted by Crippen LogP contribution is -2.27. The van der Waals surface area contributed by atoms with E-state index in [1.165, 1.54) is 0 Å². The van der Waals surface area contributed by atoms with Crippen molar-refractivity contribution in [3.8, 4) is 0 Å². The van der Waals surface area contributed by atoms with Crippen LogP contribution in [0.4, 0.5) is 0 Å². The van der Waals surface area contributed by atoms with E-state index in [1.54, 1.807) is 0 Å². The van der Waals surface area contributed by atoms with Gasteiger partial charge in [-0.3, -0.25) is 4.18 Å². The molecule has 0 radical (unpaired) electrons. The van der Waals surface area contributed by atoms with Gasteiger partial charge in [0.25, 0.3) is 10.1 Å². The monoisotopic (exact) mass is 194 g/mol. The van der Waals surface area contributed by atoms with Gasteiger partial charge in [-0.1, -0.05) is 0 Å². The molecule has 0 heterocycles. The van der Waals surface area contributed by atoms with E-state index >= 15 is 0 Å². The lowest BCUT2D eigenvalue weighted by atomic mass is 9.95. The van der Waals surface area contributed by atoms with E-state index < -0.39 is 16.2 Å². The predicted molar refractivity (Wildman–Crippen MR) is 44.2 cm³/mol. The van der Waals surface area contributed by atoms with E-state index in [-0.39, 0.29) is 6.10 Å². The highest BCUT2D eigenvalue weighted by atomic mass is 32.2. The van der Waals surface area contributed by atoms with Crippen molar-refractivity contribution in [2.24, 2.45) is 0 Å². The summed E-state index contributed by atoms with van der Waals surface area (Å²) >= 11 is 0. The van der Waals surface area contributed by atoms with Crippen LogP contribution in [0.5, 0.6) is 0 Å². The molecule has 1 aliphatic rings. The molecule has 12 heavy (non-hydrogen) atoms. The molecule has 4 nitrogen and oxygen atoms in total. The fourth-order valence-corrected chi connectivity index (χ4v) is 2.12. The topological polar surface area (TPSA) is 63.6 Å². The maximum absolute atomic E-state index is 10.7. The van der Waals surface area contributed by atoms with E-state index in [2.05, 4.69) is 0 Å². The quantitative estimate of drug-likeness (QED) is 0.641. The molecular formula is C7H14O4S. The lowest BCUT2D eigenvalue weighted by molar-refractivity contribution is 0.0576. The Morgan fingerprint density at radius 1 is 1.42 bits per heavy atom. The Hall–Kier alpha value is -0.130. The Kier molecular flexibility index (Phi) is 3.09. The summed E-state index contributed by atoms with van der Waals surface area (Å²) in [5.41, 5.74) is 0. The summed E-state index contributed by atoms with van der Waals surface area (Å²) in [6.45, 7) is 0. The van der Waals surface area contributed by atoms with Crippen molar-refractivity contribution >= 4 is 10.1 Å². The van der Waals surface area contributed by atoms with Gasteiger partial charge in [-0.25, -0.2) is 0 Å². The zero-order chi connectivity index (χ0) is 9.19. The number of hydrogen-bond donors (Lipinski definition) is 1. The van der Waals surface area contributed by atoms with E-state index in [1.807, 2.05) is 0 Å². The molecule has 1 saturated carbocycles. The Labute approximate surface area is 72.7 Å². The molecule has 0 spiro atoms. The van der Waals surface area contributed by atoms with E-state index in [0.29, 0.717) is 6.42 Å². The third-order valence-electron chi connectivity index (χ3n) is 1.91. The Balaban J connectivity index is 2.43. The van der Waals surface area contributed by atoms with Crippen molar-refractivity contribution in [3.05, 3.63) is 0 Å². The first-order valence-electron chi connectivity index (χ1n) is 4.04. The summed E-state index contributed by atoms with van der Waals surface area (Å²) in [7, 11) is -3.36. The van der Waals surface area contributed by atoms with Crippen LogP contribution in [0.1, 0.15) is 25.7 Å². The van der Waals surface area contributed by atoms with Crippen LogP contribution in [0.3, 0.4) is 0 Å². The summed E-state index contributed by atoms with van der Waals surface area (Å²) in [6.07, 6.45) is 3.07. The minimum absolute atomic E-state index is 0.316. The fraction of sp³-hybridized carbons (Fsp3) is 1.00. The molecule has 0 bridgehead atoms. The van der Waals surface area contributed by atoms with Crippen LogP contribution in [0, 0.1) is 0 Å². The maximum atomic E-state index is 10.7. The Morgan fingerprint density at radius 3 is 2.58 bits per heavy atom. The first-order chi connectivity index (χ1) is 5.47. The average molecular weight is 194 g/mol. The molecule has 5 heteroatoms. The molecule has 0 aromatic rings. The molecule has 0 saturated heterocycles. The summed E-state index contributed by atoms with van der Waals surface area (Å²) in [5.74, 6) is 0. The van der Waals surface area contributed by atoms with Crippen LogP contribution in [0.15, 0.2) is 0 Å². The lowest BCUT2D eigenvalue weighted by Gasteiger charge is -2.24. The summed E-state index contributed by atoms with van der Waals surface area (Å²) in [6, 6.07) is 0. The SMILES string of the molecule is CS(=O)(=O)OC1CCCC(O)C1. The number of rotatable bonds is 2. The smallest absolute Gasteiger partial charge is 0.264 e. The molecule has 72 valence electrons. The summed E-state index contributed by atoms with van der Waals surface area (Å²) in [4.78, 5) is 0. The van der Waals surface area contributed by atoms with E-state index in [0.717, 1.165) is 25.5 Å². The van der Waals surface area contributed by atoms with Gasteiger partial charge in [-0.05, 0) is 19.3 Å². The molecule has 1 fully saturated rings. The van der Waals surface area contributed by atoms with Crippen molar-refractivity contribution in [2.45, 2.75) is 37.9 Å². The molecule has 0 aromatic heterocycles. The molecule has 1 N–H and O–H groups in total. The van der Waals surface area contributed by atoms with Crippen LogP contribution in [0.25, 0.3) is 0 Å². The molecule has 0 aliphatic heterocycles. The number of aliphatic hydroxyl groups excluding tert-OH is 1. The minimum Gasteiger partial charge on any atom is -0.393 e. The van der Waals surface area contributed by atoms with Gasteiger partial charge in [0.15, 0.2) is 0 Å². The molecule has 2 unspecified atom stereocenters. The highest BCUT2D eigenvalue weighted by Gasteiger charge is 2.23. The van der Waals surface area contributed by atoms with Gasteiger partial charge in [0.05, 0.1) is 18.5 Å². The normalized spacial score (nSPS) is 31.8. The van der Waals surface area contributed by atoms with Crippen LogP contribution >= 0.6 is 0 Å². The second kappa shape index (κ2) is 3.72. The number of hydrogen-bond acceptors (Lipinski definition) is 4. The van der Waals surface area contributed by atoms with Crippen LogP contribution < -0.4 is 0 Å². The third kappa shape index (κ3) is 3.51. The zero-order valence-corrected chi connectivity index (χ0v) is 7.88. The van der Waals surface area contributed by atoms with Gasteiger partial charge in [-0.15, -0.1) is 0 Å². The van der Waals surface area contributed by atoms with Crippen LogP contribution in [0.2, 0.25) is 0 Å². The summed E-state index contributed by atoms with van der Waals surface area (Å²) < 4.78 is 26.2. The molecule has 1 aliphatic carbocycles. The van der Waals surface area contributed by atoms with Gasteiger partial charge in [0, 0.05) is 6.42 Å². The highest BCUT2D eigenvalue weighted by molar-refractivity contribution is 7.86. The zero-order valence-electron chi connectivity index (χ0n) is 7.06. The second-order valence-corrected chi connectivity index (χ2v) is 4.84. The number of aliphatic hydroxyl groups is 1. The van der Waals surface area contributed by atoms with Gasteiger partial charge >= 0.3 is 0 Å². The fourth-order valence-electron chi connectivity index (χ4n) is 1.45. The standard InChI is InChI=1S/C7H14O4S/c1-12(9,10)11-7-4-2-3-6(8)5-7/h6-8H,2-5H2,1H3. The van der Waals surface area contributed by atoms with Gasteiger partial charge < -0.3 is 5.11 Å². The van der Waals surface area contributed by atoms with Crippen LogP contribution in [-0.2, 0) is 14.3 Å². The van der Waals surface area contributed by atoms with E-state index in [9.17, 15) is 13.5 Å². The first-order valence-corrected chi connectivity index (χ1v) is 5.85. The average Bonchev–Trinajstić information content (AvgIpc) is 1.82. The van der Waals surface area contributed by atoms with Crippen molar-refractivity contribution in [1.29, 1.82) is 0 Å². The van der Waals surface area contributed by atoms with Crippen molar-refractivity contribution in [2.75, 3.05) is 6.26 Å². The summed E-state index contributed by atoms with van der Waals surface area (Å²) in [5, 5.41) is 9.20. The predicted octanol–water partition coefficient (Wildman–Crippen LogP) is 0.266. The molecule has 0 amide bonds. The van der Waals surface area contributed by atoms with Crippen molar-refractivity contribution in [1.82, 2.24) is 0 Å². The molecular weight excluding hydrogens is 180 g/mol. The largest absolute Gasteiger partial charge is 0.393 e. The van der Waals surface area contributed by atoms with Gasteiger partial charge in [-0.2, -0.15) is 8.42 Å². The van der Waals surface area contributed by atoms with Gasteiger partial charge in [0.1, 0.15) is 0 Å². The maximum Gasteiger partial charge on any atom is 0.264 e. The Bertz CT molecular complexity index is 234. The minimum atomic E-state index is -3.36. The molecule has 0 aromatic carbocycles. The third-order valence-corrected chi connectivity index (χ3v) is 2.53. The first kappa shape index (κ1) is 9.95. The van der Waals surface area contributed by atoms with Gasteiger partial charge in [0.2, 0.25) is 0 Å². The second-order valence-electron chi connectivity index (χ2n) is 3.24. The van der Waals surface area contributed by atoms with Crippen molar-refractivity contribution < 1.29 is 17.7 Å². The molecule has 2 atom stereocenters. The molecule has 1 rings (SSSR count). The van der Waals surface area contributed by atoms with Crippen molar-refractivity contribution in [3.63, 3.8) is 0 Å². The van der Waals surface area contributed by atoms with E-state index in [4.69, 9.17) is 4.18 Å². The highest BCUT2D eigenvalue weighted by Crippen LogP contribution is 2.21. The van der Waals surface area contributed by atoms with Crippen LogP contribution in [-0.4, -0.2) is 32.0 Å².